The fourth-order valence-corrected chi connectivity index (χ4v) is 4.05. The van der Waals surface area contributed by atoms with Gasteiger partial charge in [-0.25, -0.2) is 0 Å². The highest BCUT2D eigenvalue weighted by atomic mass is 16.4. The Morgan fingerprint density at radius 1 is 0.714 bits per heavy atom. The van der Waals surface area contributed by atoms with Crippen LogP contribution < -0.4 is 0 Å². The molecule has 0 radical (unpaired) electrons. The van der Waals surface area contributed by atoms with Crippen LogP contribution in [-0.4, -0.2) is 21.4 Å². The summed E-state index contributed by atoms with van der Waals surface area (Å²) >= 11 is 0. The standard InChI is InChI=1S/C12H20O2/c1-7-8(2)10(4)9(7,3)11(5,13)12(10,6)14/h13-14H,1-6H3/t9-,10-,11-,12+/m0/s1. The Labute approximate surface area is 85.6 Å². The lowest BCUT2D eigenvalue weighted by molar-refractivity contribution is -0.366. The number of aliphatic hydroxyl groups is 2. The largest absolute Gasteiger partial charge is 0.386 e. The molecule has 4 atom stereocenters. The van der Waals surface area contributed by atoms with E-state index < -0.39 is 11.2 Å². The fourth-order valence-electron chi connectivity index (χ4n) is 4.05. The van der Waals surface area contributed by atoms with Crippen molar-refractivity contribution < 1.29 is 10.2 Å². The number of hydrogen-bond donors (Lipinski definition) is 2. The first kappa shape index (κ1) is 10.2. The van der Waals surface area contributed by atoms with E-state index in [1.165, 1.54) is 11.1 Å². The molecule has 0 saturated heterocycles. The number of rotatable bonds is 0. The molecule has 2 aliphatic carbocycles. The van der Waals surface area contributed by atoms with Crippen LogP contribution in [0.2, 0.25) is 0 Å². The van der Waals surface area contributed by atoms with Crippen molar-refractivity contribution >= 4 is 0 Å². The van der Waals surface area contributed by atoms with E-state index in [-0.39, 0.29) is 10.8 Å². The van der Waals surface area contributed by atoms with Gasteiger partial charge in [-0.2, -0.15) is 0 Å². The van der Waals surface area contributed by atoms with E-state index in [9.17, 15) is 10.2 Å². The van der Waals surface area contributed by atoms with Gasteiger partial charge in [0, 0.05) is 10.8 Å². The summed E-state index contributed by atoms with van der Waals surface area (Å²) in [6.07, 6.45) is 0. The molecule has 0 unspecified atom stereocenters. The average molecular weight is 196 g/mol. The zero-order valence-corrected chi connectivity index (χ0v) is 9.89. The Morgan fingerprint density at radius 2 is 0.929 bits per heavy atom. The van der Waals surface area contributed by atoms with Gasteiger partial charge < -0.3 is 10.2 Å². The Morgan fingerprint density at radius 3 is 1.14 bits per heavy atom. The zero-order chi connectivity index (χ0) is 11.2. The van der Waals surface area contributed by atoms with Crippen LogP contribution in [0.1, 0.15) is 41.5 Å². The van der Waals surface area contributed by atoms with E-state index in [1.54, 1.807) is 13.8 Å². The SMILES string of the molecule is CC1=C(C)[C@]2(C)[C@](C)(O)[C@](C)(O)[C@@]12C. The van der Waals surface area contributed by atoms with Crippen molar-refractivity contribution in [3.8, 4) is 0 Å². The van der Waals surface area contributed by atoms with Crippen LogP contribution in [0.4, 0.5) is 0 Å². The van der Waals surface area contributed by atoms with Crippen LogP contribution >= 0.6 is 0 Å². The van der Waals surface area contributed by atoms with Crippen molar-refractivity contribution in [3.63, 3.8) is 0 Å². The highest BCUT2D eigenvalue weighted by Gasteiger charge is 2.85. The molecule has 0 amide bonds. The predicted octanol–water partition coefficient (Wildman–Crippen LogP) is 1.86. The molecular weight excluding hydrogens is 176 g/mol. The van der Waals surface area contributed by atoms with Gasteiger partial charge in [0.05, 0.1) is 0 Å². The molecule has 2 nitrogen and oxygen atoms in total. The smallest absolute Gasteiger partial charge is 0.101 e. The Kier molecular flexibility index (Phi) is 1.42. The lowest BCUT2D eigenvalue weighted by atomic mass is 9.26. The summed E-state index contributed by atoms with van der Waals surface area (Å²) in [6, 6.07) is 0. The molecule has 0 bridgehead atoms. The quantitative estimate of drug-likeness (QED) is 0.581. The first-order valence-corrected chi connectivity index (χ1v) is 5.20. The van der Waals surface area contributed by atoms with Gasteiger partial charge in [0.2, 0.25) is 0 Å². The molecular formula is C12H20O2. The number of hydrogen-bond acceptors (Lipinski definition) is 2. The van der Waals surface area contributed by atoms with Gasteiger partial charge in [-0.05, 0) is 27.7 Å². The summed E-state index contributed by atoms with van der Waals surface area (Å²) in [4.78, 5) is 0. The van der Waals surface area contributed by atoms with Crippen molar-refractivity contribution in [2.45, 2.75) is 52.7 Å². The summed E-state index contributed by atoms with van der Waals surface area (Å²) < 4.78 is 0. The van der Waals surface area contributed by atoms with Crippen molar-refractivity contribution in [1.29, 1.82) is 0 Å². The van der Waals surface area contributed by atoms with Crippen molar-refractivity contribution in [2.24, 2.45) is 10.8 Å². The molecule has 1 saturated carbocycles. The maximum Gasteiger partial charge on any atom is 0.101 e. The average Bonchev–Trinajstić information content (AvgIpc) is 2.11. The van der Waals surface area contributed by atoms with Crippen molar-refractivity contribution in [1.82, 2.24) is 0 Å². The lowest BCUT2D eigenvalue weighted by Crippen LogP contribution is -2.88. The van der Waals surface area contributed by atoms with Gasteiger partial charge in [-0.3, -0.25) is 0 Å². The highest BCUT2D eigenvalue weighted by molar-refractivity contribution is 5.55. The summed E-state index contributed by atoms with van der Waals surface area (Å²) in [7, 11) is 0. The van der Waals surface area contributed by atoms with E-state index in [2.05, 4.69) is 13.8 Å². The lowest BCUT2D eigenvalue weighted by Gasteiger charge is -2.81. The molecule has 14 heavy (non-hydrogen) atoms. The molecule has 0 aliphatic heterocycles. The first-order valence-electron chi connectivity index (χ1n) is 5.20. The third-order valence-corrected chi connectivity index (χ3v) is 5.96. The molecule has 0 aromatic rings. The second-order valence-corrected chi connectivity index (χ2v) is 5.64. The van der Waals surface area contributed by atoms with Gasteiger partial charge in [0.1, 0.15) is 11.2 Å². The molecule has 2 rings (SSSR count). The van der Waals surface area contributed by atoms with Crippen LogP contribution in [-0.2, 0) is 0 Å². The highest BCUT2D eigenvalue weighted by Crippen LogP contribution is 2.80. The first-order chi connectivity index (χ1) is 6.07. The van der Waals surface area contributed by atoms with E-state index >= 15 is 0 Å². The second kappa shape index (κ2) is 1.96. The van der Waals surface area contributed by atoms with Gasteiger partial charge >= 0.3 is 0 Å². The van der Waals surface area contributed by atoms with Gasteiger partial charge in [0.25, 0.3) is 0 Å². The summed E-state index contributed by atoms with van der Waals surface area (Å²) in [5.41, 5.74) is -0.0780. The predicted molar refractivity (Wildman–Crippen MR) is 55.8 cm³/mol. The fraction of sp³-hybridized carbons (Fsp3) is 0.833. The number of fused-ring (bicyclic) bond motifs is 1. The van der Waals surface area contributed by atoms with Crippen LogP contribution in [0.3, 0.4) is 0 Å². The van der Waals surface area contributed by atoms with Crippen molar-refractivity contribution in [3.05, 3.63) is 11.1 Å². The van der Waals surface area contributed by atoms with Gasteiger partial charge in [-0.1, -0.05) is 25.0 Å². The molecule has 0 aromatic heterocycles. The summed E-state index contributed by atoms with van der Waals surface area (Å²) in [5.74, 6) is 0. The van der Waals surface area contributed by atoms with E-state index in [1.807, 2.05) is 13.8 Å². The molecule has 0 heterocycles. The van der Waals surface area contributed by atoms with Crippen LogP contribution in [0.5, 0.6) is 0 Å². The summed E-state index contributed by atoms with van der Waals surface area (Å²) in [5, 5.41) is 20.7. The molecule has 2 aliphatic rings. The minimum atomic E-state index is -1.02. The minimum absolute atomic E-state index is 0.256. The molecule has 0 spiro atoms. The van der Waals surface area contributed by atoms with E-state index in [4.69, 9.17) is 0 Å². The molecule has 1 fully saturated rings. The maximum absolute atomic E-state index is 10.4. The third kappa shape index (κ3) is 0.496. The normalized spacial score (nSPS) is 61.7. The molecule has 2 heteroatoms. The van der Waals surface area contributed by atoms with E-state index in [0.29, 0.717) is 0 Å². The van der Waals surface area contributed by atoms with Crippen LogP contribution in [0.15, 0.2) is 11.1 Å². The Balaban J connectivity index is 2.65. The maximum atomic E-state index is 10.4. The van der Waals surface area contributed by atoms with Gasteiger partial charge in [0.15, 0.2) is 0 Å². The van der Waals surface area contributed by atoms with Crippen LogP contribution in [0.25, 0.3) is 0 Å². The monoisotopic (exact) mass is 196 g/mol. The molecule has 0 aromatic carbocycles. The van der Waals surface area contributed by atoms with Crippen molar-refractivity contribution in [2.75, 3.05) is 0 Å². The zero-order valence-electron chi connectivity index (χ0n) is 9.89. The Hall–Kier alpha value is -0.340. The molecule has 2 N–H and O–H groups in total. The molecule has 80 valence electrons. The third-order valence-electron chi connectivity index (χ3n) is 5.96. The topological polar surface area (TPSA) is 40.5 Å². The van der Waals surface area contributed by atoms with Crippen LogP contribution in [0, 0.1) is 10.8 Å². The minimum Gasteiger partial charge on any atom is -0.386 e. The van der Waals surface area contributed by atoms with Gasteiger partial charge in [-0.15, -0.1) is 0 Å². The summed E-state index contributed by atoms with van der Waals surface area (Å²) in [6.45, 7) is 11.7. The van der Waals surface area contributed by atoms with E-state index in [0.717, 1.165) is 0 Å². The Bertz CT molecular complexity index is 317. The second-order valence-electron chi connectivity index (χ2n) is 5.64.